The Morgan fingerprint density at radius 3 is 2.95 bits per heavy atom. The molecule has 0 atom stereocenters. The Morgan fingerprint density at radius 1 is 1.40 bits per heavy atom. The van der Waals surface area contributed by atoms with Crippen LogP contribution in [0.3, 0.4) is 0 Å². The number of nitrogens with zero attached hydrogens (tertiary/aromatic N) is 2. The van der Waals surface area contributed by atoms with E-state index in [1.807, 2.05) is 6.20 Å². The monoisotopic (exact) mass is 293 g/mol. The summed E-state index contributed by atoms with van der Waals surface area (Å²) in [5.74, 6) is 2.31. The van der Waals surface area contributed by atoms with Crippen molar-refractivity contribution in [2.24, 2.45) is 0 Å². The molecule has 2 rings (SSSR count). The van der Waals surface area contributed by atoms with E-state index < -0.39 is 0 Å². The molecule has 1 N–H and O–H groups in total. The van der Waals surface area contributed by atoms with Crippen LogP contribution in [0.1, 0.15) is 39.7 Å². The van der Waals surface area contributed by atoms with Gasteiger partial charge in [0.05, 0.1) is 0 Å². The van der Waals surface area contributed by atoms with Gasteiger partial charge in [-0.1, -0.05) is 27.7 Å². The van der Waals surface area contributed by atoms with Gasteiger partial charge in [0, 0.05) is 42.4 Å². The number of hydrogen-bond donors (Lipinski definition) is 1. The largest absolute Gasteiger partial charge is 0.356 e. The molecule has 1 aromatic rings. The molecule has 0 saturated carbocycles. The average molecular weight is 293 g/mol. The molecule has 0 aromatic carbocycles. The highest BCUT2D eigenvalue weighted by Gasteiger charge is 2.24. The Balaban J connectivity index is 2.03. The van der Waals surface area contributed by atoms with E-state index in [1.165, 1.54) is 17.7 Å². The van der Waals surface area contributed by atoms with E-state index >= 15 is 0 Å². The minimum Gasteiger partial charge on any atom is -0.356 e. The van der Waals surface area contributed by atoms with Crippen LogP contribution < -0.4 is 10.2 Å². The molecular formula is C16H27N3S. The molecule has 0 bridgehead atoms. The summed E-state index contributed by atoms with van der Waals surface area (Å²) in [6, 6.07) is 4.86. The van der Waals surface area contributed by atoms with Gasteiger partial charge in [0.1, 0.15) is 5.82 Å². The number of anilines is 1. The van der Waals surface area contributed by atoms with Gasteiger partial charge in [0.2, 0.25) is 0 Å². The predicted octanol–water partition coefficient (Wildman–Crippen LogP) is 3.30. The fourth-order valence-electron chi connectivity index (χ4n) is 2.31. The predicted molar refractivity (Wildman–Crippen MR) is 89.6 cm³/mol. The summed E-state index contributed by atoms with van der Waals surface area (Å²) in [5.41, 5.74) is 1.32. The van der Waals surface area contributed by atoms with E-state index in [1.54, 1.807) is 0 Å². The van der Waals surface area contributed by atoms with Crippen LogP contribution in [0.2, 0.25) is 0 Å². The zero-order chi connectivity index (χ0) is 14.6. The van der Waals surface area contributed by atoms with Crippen LogP contribution in [0.15, 0.2) is 18.3 Å². The number of thioether (sulfide) groups is 1. The zero-order valence-corrected chi connectivity index (χ0v) is 14.0. The van der Waals surface area contributed by atoms with Gasteiger partial charge in [0.25, 0.3) is 0 Å². The van der Waals surface area contributed by atoms with E-state index in [2.05, 4.69) is 66.8 Å². The van der Waals surface area contributed by atoms with Gasteiger partial charge in [-0.05, 0) is 24.1 Å². The maximum absolute atomic E-state index is 4.57. The summed E-state index contributed by atoms with van der Waals surface area (Å²) in [5, 5.41) is 3.47. The summed E-state index contributed by atoms with van der Waals surface area (Å²) >= 11 is 2.08. The van der Waals surface area contributed by atoms with Crippen LogP contribution in [0.4, 0.5) is 5.82 Å². The molecule has 0 aliphatic carbocycles. The summed E-state index contributed by atoms with van der Waals surface area (Å²) in [7, 11) is 0. The highest BCUT2D eigenvalue weighted by atomic mass is 32.2. The number of aromatic nitrogens is 1. The van der Waals surface area contributed by atoms with Crippen molar-refractivity contribution in [2.45, 2.75) is 51.4 Å². The lowest BCUT2D eigenvalue weighted by atomic mass is 10.1. The maximum Gasteiger partial charge on any atom is 0.128 e. The lowest BCUT2D eigenvalue weighted by Gasteiger charge is -2.23. The van der Waals surface area contributed by atoms with E-state index in [9.17, 15) is 0 Å². The van der Waals surface area contributed by atoms with Crippen LogP contribution in [0, 0.1) is 0 Å². The fraction of sp³-hybridized carbons (Fsp3) is 0.688. The van der Waals surface area contributed by atoms with Gasteiger partial charge < -0.3 is 10.2 Å². The Morgan fingerprint density at radius 2 is 2.20 bits per heavy atom. The maximum atomic E-state index is 4.57. The van der Waals surface area contributed by atoms with E-state index in [4.69, 9.17) is 0 Å². The first kappa shape index (κ1) is 15.6. The van der Waals surface area contributed by atoms with Crippen molar-refractivity contribution >= 4 is 17.6 Å². The number of nitrogens with one attached hydrogen (secondary N) is 1. The van der Waals surface area contributed by atoms with Crippen molar-refractivity contribution < 1.29 is 0 Å². The summed E-state index contributed by atoms with van der Waals surface area (Å²) < 4.78 is 0.394. The third-order valence-electron chi connectivity index (χ3n) is 3.69. The highest BCUT2D eigenvalue weighted by molar-refractivity contribution is 8.00. The first-order chi connectivity index (χ1) is 9.46. The van der Waals surface area contributed by atoms with Crippen LogP contribution in [0.5, 0.6) is 0 Å². The van der Waals surface area contributed by atoms with E-state index in [-0.39, 0.29) is 0 Å². The average Bonchev–Trinajstić information content (AvgIpc) is 2.58. The van der Waals surface area contributed by atoms with Crippen LogP contribution in [-0.4, -0.2) is 34.6 Å². The smallest absolute Gasteiger partial charge is 0.128 e. The molecule has 20 heavy (non-hydrogen) atoms. The van der Waals surface area contributed by atoms with Crippen LogP contribution in [-0.2, 0) is 6.54 Å². The van der Waals surface area contributed by atoms with Gasteiger partial charge in [-0.25, -0.2) is 4.98 Å². The molecule has 4 heteroatoms. The van der Waals surface area contributed by atoms with Gasteiger partial charge in [0.15, 0.2) is 0 Å². The summed E-state index contributed by atoms with van der Waals surface area (Å²) in [6.45, 7) is 12.2. The van der Waals surface area contributed by atoms with Crippen molar-refractivity contribution in [2.75, 3.05) is 23.7 Å². The van der Waals surface area contributed by atoms with Gasteiger partial charge >= 0.3 is 0 Å². The van der Waals surface area contributed by atoms with Crippen molar-refractivity contribution in [3.05, 3.63) is 23.9 Å². The summed E-state index contributed by atoms with van der Waals surface area (Å²) in [4.78, 5) is 7.00. The normalized spacial score (nSPS) is 19.1. The lowest BCUT2D eigenvalue weighted by Crippen LogP contribution is -2.28. The first-order valence-electron chi connectivity index (χ1n) is 7.53. The fourth-order valence-corrected chi connectivity index (χ4v) is 3.41. The first-order valence-corrected chi connectivity index (χ1v) is 8.52. The Labute approximate surface area is 127 Å². The molecule has 1 aromatic heterocycles. The quantitative estimate of drug-likeness (QED) is 0.922. The highest BCUT2D eigenvalue weighted by Crippen LogP contribution is 2.31. The molecule has 1 aliphatic rings. The standard InChI is InChI=1S/C16H27N3S/c1-13(2)18-12-14-5-7-17-15(11-14)19-8-6-16(3,4)20-10-9-19/h5,7,11,13,18H,6,8-10,12H2,1-4H3. The molecule has 112 valence electrons. The third-order valence-corrected chi connectivity index (χ3v) is 5.06. The number of hydrogen-bond acceptors (Lipinski definition) is 4. The van der Waals surface area contributed by atoms with Crippen molar-refractivity contribution in [3.8, 4) is 0 Å². The van der Waals surface area contributed by atoms with Crippen LogP contribution >= 0.6 is 11.8 Å². The molecule has 1 aliphatic heterocycles. The second kappa shape index (κ2) is 6.81. The third kappa shape index (κ3) is 4.67. The van der Waals surface area contributed by atoms with Gasteiger partial charge in [-0.3, -0.25) is 0 Å². The molecule has 1 saturated heterocycles. The second-order valence-corrected chi connectivity index (χ2v) is 8.21. The molecule has 0 radical (unpaired) electrons. The van der Waals surface area contributed by atoms with E-state index in [0.717, 1.165) is 25.5 Å². The molecular weight excluding hydrogens is 266 g/mol. The van der Waals surface area contributed by atoms with Crippen LogP contribution in [0.25, 0.3) is 0 Å². The van der Waals surface area contributed by atoms with E-state index in [0.29, 0.717) is 10.8 Å². The zero-order valence-electron chi connectivity index (χ0n) is 13.1. The molecule has 3 nitrogen and oxygen atoms in total. The SMILES string of the molecule is CC(C)NCc1ccnc(N2CCSC(C)(C)CC2)c1. The van der Waals surface area contributed by atoms with Gasteiger partial charge in [-0.15, -0.1) is 0 Å². The summed E-state index contributed by atoms with van der Waals surface area (Å²) in [6.07, 6.45) is 3.16. The van der Waals surface area contributed by atoms with Crippen molar-refractivity contribution in [3.63, 3.8) is 0 Å². The Bertz CT molecular complexity index is 431. The second-order valence-electron chi connectivity index (χ2n) is 6.40. The minimum absolute atomic E-state index is 0.394. The van der Waals surface area contributed by atoms with Gasteiger partial charge in [-0.2, -0.15) is 11.8 Å². The molecule has 2 heterocycles. The lowest BCUT2D eigenvalue weighted by molar-refractivity contribution is 0.588. The number of pyridine rings is 1. The topological polar surface area (TPSA) is 28.2 Å². The van der Waals surface area contributed by atoms with Crippen molar-refractivity contribution in [1.29, 1.82) is 0 Å². The Hall–Kier alpha value is -0.740. The minimum atomic E-state index is 0.394. The molecule has 0 spiro atoms. The Kier molecular flexibility index (Phi) is 5.33. The molecule has 1 fully saturated rings. The number of rotatable bonds is 4. The molecule has 0 unspecified atom stereocenters. The van der Waals surface area contributed by atoms with Crippen molar-refractivity contribution in [1.82, 2.24) is 10.3 Å². The molecule has 0 amide bonds.